The van der Waals surface area contributed by atoms with Crippen LogP contribution in [-0.2, 0) is 16.4 Å². The van der Waals surface area contributed by atoms with Crippen LogP contribution in [-0.4, -0.2) is 14.4 Å². The summed E-state index contributed by atoms with van der Waals surface area (Å²) in [5, 5.41) is 0. The zero-order valence-corrected chi connectivity index (χ0v) is 8.33. The molecule has 1 aromatic rings. The average Bonchev–Trinajstić information content (AvgIpc) is 2.15. The van der Waals surface area contributed by atoms with E-state index in [9.17, 15) is 0 Å². The van der Waals surface area contributed by atoms with E-state index in [1.807, 2.05) is 12.9 Å². The summed E-state index contributed by atoms with van der Waals surface area (Å²) in [6.45, 7) is 4.63. The van der Waals surface area contributed by atoms with Crippen molar-refractivity contribution in [2.75, 3.05) is 7.11 Å². The van der Waals surface area contributed by atoms with Crippen LogP contribution in [0.3, 0.4) is 0 Å². The van der Waals surface area contributed by atoms with Gasteiger partial charge in [-0.15, -0.1) is 0 Å². The van der Waals surface area contributed by atoms with Gasteiger partial charge in [0.1, 0.15) is 13.9 Å². The first-order chi connectivity index (χ1) is 6.27. The molecule has 0 saturated heterocycles. The number of hydrogen-bond acceptors (Lipinski definition) is 2. The smallest absolute Gasteiger partial charge is 0.148 e. The molecule has 0 amide bonds. The van der Waals surface area contributed by atoms with Gasteiger partial charge in [0.05, 0.1) is 7.11 Å². The molecule has 0 N–H and O–H groups in total. The van der Waals surface area contributed by atoms with E-state index in [0.29, 0.717) is 6.61 Å². The Labute approximate surface area is 80.0 Å². The van der Waals surface area contributed by atoms with Crippen LogP contribution >= 0.6 is 0 Å². The van der Waals surface area contributed by atoms with Gasteiger partial charge in [-0.05, 0) is 12.5 Å². The highest BCUT2D eigenvalue weighted by atomic mass is 17.2. The lowest BCUT2D eigenvalue weighted by molar-refractivity contribution is -0.282. The average molecular weight is 177 g/mol. The molecule has 13 heavy (non-hydrogen) atoms. The van der Waals surface area contributed by atoms with Crippen LogP contribution in [0.15, 0.2) is 18.2 Å². The van der Waals surface area contributed by atoms with Gasteiger partial charge in [-0.3, -0.25) is 0 Å². The van der Waals surface area contributed by atoms with Crippen molar-refractivity contribution in [2.45, 2.75) is 20.4 Å². The summed E-state index contributed by atoms with van der Waals surface area (Å²) in [5.41, 5.74) is 3.66. The summed E-state index contributed by atoms with van der Waals surface area (Å²) >= 11 is 0. The minimum atomic E-state index is 0.501. The molecule has 1 aromatic carbocycles. The van der Waals surface area contributed by atoms with Crippen LogP contribution in [0.5, 0.6) is 0 Å². The van der Waals surface area contributed by atoms with Crippen molar-refractivity contribution in [2.24, 2.45) is 0 Å². The Bertz CT molecular complexity index is 274. The SMILES string of the molecule is C[B]c1ccc(COOC)cc1C. The second-order valence-corrected chi connectivity index (χ2v) is 2.91. The molecule has 69 valence electrons. The third kappa shape index (κ3) is 2.86. The maximum absolute atomic E-state index is 4.84. The van der Waals surface area contributed by atoms with Crippen molar-refractivity contribution in [3.05, 3.63) is 29.3 Å². The summed E-state index contributed by atoms with van der Waals surface area (Å²) in [4.78, 5) is 9.37. The first-order valence-corrected chi connectivity index (χ1v) is 4.32. The van der Waals surface area contributed by atoms with E-state index in [1.165, 1.54) is 18.1 Å². The van der Waals surface area contributed by atoms with Crippen molar-refractivity contribution in [1.82, 2.24) is 0 Å². The Morgan fingerprint density at radius 1 is 1.38 bits per heavy atom. The molecule has 0 aliphatic carbocycles. The lowest BCUT2D eigenvalue weighted by Gasteiger charge is -2.05. The first kappa shape index (κ1) is 10.3. The molecule has 0 aliphatic rings. The largest absolute Gasteiger partial charge is 0.240 e. The molecule has 0 spiro atoms. The molecule has 0 unspecified atom stereocenters. The van der Waals surface area contributed by atoms with Gasteiger partial charge >= 0.3 is 0 Å². The summed E-state index contributed by atoms with van der Waals surface area (Å²) in [6.07, 6.45) is 0. The van der Waals surface area contributed by atoms with E-state index in [1.54, 1.807) is 0 Å². The maximum Gasteiger partial charge on any atom is 0.148 e. The molecule has 0 aromatic heterocycles. The van der Waals surface area contributed by atoms with Crippen LogP contribution < -0.4 is 5.46 Å². The molecule has 0 saturated carbocycles. The fourth-order valence-electron chi connectivity index (χ4n) is 1.28. The van der Waals surface area contributed by atoms with Gasteiger partial charge in [-0.1, -0.05) is 36.0 Å². The molecular weight excluding hydrogens is 163 g/mol. The zero-order chi connectivity index (χ0) is 9.68. The standard InChI is InChI=1S/C10H14BO2/c1-8-6-9(7-13-12-3)4-5-10(8)11-2/h4-6H,7H2,1-3H3. The van der Waals surface area contributed by atoms with E-state index in [4.69, 9.17) is 4.89 Å². The van der Waals surface area contributed by atoms with Crippen molar-refractivity contribution in [1.29, 1.82) is 0 Å². The summed E-state index contributed by atoms with van der Waals surface area (Å²) in [6, 6.07) is 6.24. The van der Waals surface area contributed by atoms with E-state index in [-0.39, 0.29) is 0 Å². The third-order valence-corrected chi connectivity index (χ3v) is 1.99. The van der Waals surface area contributed by atoms with Crippen LogP contribution in [0.1, 0.15) is 11.1 Å². The Kier molecular flexibility index (Phi) is 3.99. The van der Waals surface area contributed by atoms with Gasteiger partial charge in [0.15, 0.2) is 0 Å². The molecule has 3 heteroatoms. The van der Waals surface area contributed by atoms with Crippen LogP contribution in [0, 0.1) is 6.92 Å². The normalized spacial score (nSPS) is 10.1. The molecular formula is C10H14BO2. The highest BCUT2D eigenvalue weighted by Crippen LogP contribution is 2.03. The van der Waals surface area contributed by atoms with Crippen molar-refractivity contribution >= 4 is 12.7 Å². The van der Waals surface area contributed by atoms with E-state index in [2.05, 4.69) is 31.2 Å². The van der Waals surface area contributed by atoms with Crippen molar-refractivity contribution in [3.8, 4) is 0 Å². The Morgan fingerprint density at radius 3 is 2.69 bits per heavy atom. The predicted molar refractivity (Wildman–Crippen MR) is 54.2 cm³/mol. The highest BCUT2D eigenvalue weighted by molar-refractivity contribution is 6.52. The van der Waals surface area contributed by atoms with Crippen molar-refractivity contribution < 1.29 is 9.78 Å². The van der Waals surface area contributed by atoms with Gasteiger partial charge in [-0.2, -0.15) is 0 Å². The summed E-state index contributed by atoms with van der Waals surface area (Å²) < 4.78 is 0. The summed E-state index contributed by atoms with van der Waals surface area (Å²) in [7, 11) is 3.61. The second kappa shape index (κ2) is 5.05. The minimum Gasteiger partial charge on any atom is -0.240 e. The van der Waals surface area contributed by atoms with E-state index in [0.717, 1.165) is 5.56 Å². The zero-order valence-electron chi connectivity index (χ0n) is 8.33. The highest BCUT2D eigenvalue weighted by Gasteiger charge is 1.98. The number of benzene rings is 1. The van der Waals surface area contributed by atoms with Gasteiger partial charge in [0.2, 0.25) is 0 Å². The van der Waals surface area contributed by atoms with E-state index >= 15 is 0 Å². The number of aryl methyl sites for hydroxylation is 1. The van der Waals surface area contributed by atoms with Crippen LogP contribution in [0.25, 0.3) is 0 Å². The number of hydrogen-bond donors (Lipinski definition) is 0. The lowest BCUT2D eigenvalue weighted by atomic mass is 9.71. The molecule has 0 fully saturated rings. The van der Waals surface area contributed by atoms with E-state index < -0.39 is 0 Å². The minimum absolute atomic E-state index is 0.501. The first-order valence-electron chi connectivity index (χ1n) is 4.32. The van der Waals surface area contributed by atoms with Gasteiger partial charge in [0, 0.05) is 0 Å². The second-order valence-electron chi connectivity index (χ2n) is 2.91. The van der Waals surface area contributed by atoms with Gasteiger partial charge in [0.25, 0.3) is 0 Å². The van der Waals surface area contributed by atoms with Crippen LogP contribution in [0.4, 0.5) is 0 Å². The topological polar surface area (TPSA) is 18.5 Å². The molecule has 2 nitrogen and oxygen atoms in total. The molecule has 0 atom stereocenters. The third-order valence-electron chi connectivity index (χ3n) is 1.99. The Balaban J connectivity index is 2.71. The van der Waals surface area contributed by atoms with Gasteiger partial charge < -0.3 is 0 Å². The molecule has 0 aliphatic heterocycles. The molecule has 0 bridgehead atoms. The lowest BCUT2D eigenvalue weighted by Crippen LogP contribution is -2.14. The quantitative estimate of drug-likeness (QED) is 0.393. The van der Waals surface area contributed by atoms with Crippen molar-refractivity contribution in [3.63, 3.8) is 0 Å². The predicted octanol–water partition coefficient (Wildman–Crippen LogP) is 1.45. The summed E-state index contributed by atoms with van der Waals surface area (Å²) in [5.74, 6) is 0. The molecule has 1 radical (unpaired) electrons. The maximum atomic E-state index is 4.84. The molecule has 1 rings (SSSR count). The number of rotatable bonds is 4. The van der Waals surface area contributed by atoms with Crippen LogP contribution in [0.2, 0.25) is 6.82 Å². The fraction of sp³-hybridized carbons (Fsp3) is 0.400. The fourth-order valence-corrected chi connectivity index (χ4v) is 1.28. The Morgan fingerprint density at radius 2 is 2.15 bits per heavy atom. The molecule has 0 heterocycles. The monoisotopic (exact) mass is 177 g/mol. The Hall–Kier alpha value is -0.795. The van der Waals surface area contributed by atoms with Gasteiger partial charge in [-0.25, -0.2) is 9.78 Å².